The minimum absolute atomic E-state index is 0.102. The van der Waals surface area contributed by atoms with Gasteiger partial charge in [-0.25, -0.2) is 0 Å². The van der Waals surface area contributed by atoms with Crippen LogP contribution in [-0.4, -0.2) is 18.8 Å². The molecule has 0 fully saturated rings. The number of hydrogen-bond acceptors (Lipinski definition) is 2. The lowest BCUT2D eigenvalue weighted by atomic mass is 10.0. The third-order valence-electron chi connectivity index (χ3n) is 3.09. The van der Waals surface area contributed by atoms with E-state index in [-0.39, 0.29) is 5.60 Å². The van der Waals surface area contributed by atoms with E-state index in [0.717, 1.165) is 19.6 Å². The van der Waals surface area contributed by atoms with Gasteiger partial charge in [-0.1, -0.05) is 43.7 Å². The summed E-state index contributed by atoms with van der Waals surface area (Å²) in [5, 5.41) is 3.64. The first kappa shape index (κ1) is 15.2. The Balaban J connectivity index is 2.59. The first-order valence-electron chi connectivity index (χ1n) is 7.01. The summed E-state index contributed by atoms with van der Waals surface area (Å²) in [5.74, 6) is 0. The van der Waals surface area contributed by atoms with Crippen LogP contribution in [0.4, 0.5) is 0 Å². The van der Waals surface area contributed by atoms with Gasteiger partial charge in [0.15, 0.2) is 0 Å². The highest BCUT2D eigenvalue weighted by Crippen LogP contribution is 2.19. The second-order valence-corrected chi connectivity index (χ2v) is 5.33. The first-order valence-corrected chi connectivity index (χ1v) is 7.01. The van der Waals surface area contributed by atoms with Crippen molar-refractivity contribution in [1.82, 2.24) is 5.32 Å². The molecule has 0 radical (unpaired) electrons. The molecule has 0 saturated carbocycles. The molecule has 0 spiro atoms. The van der Waals surface area contributed by atoms with Gasteiger partial charge in [0, 0.05) is 19.2 Å². The molecule has 0 aliphatic heterocycles. The van der Waals surface area contributed by atoms with Gasteiger partial charge < -0.3 is 10.1 Å². The van der Waals surface area contributed by atoms with Crippen LogP contribution in [0.25, 0.3) is 0 Å². The Labute approximate surface area is 112 Å². The highest BCUT2D eigenvalue weighted by atomic mass is 16.5. The fourth-order valence-electron chi connectivity index (χ4n) is 2.17. The van der Waals surface area contributed by atoms with Crippen molar-refractivity contribution in [3.63, 3.8) is 0 Å². The van der Waals surface area contributed by atoms with Crippen LogP contribution in [0.1, 0.15) is 52.1 Å². The van der Waals surface area contributed by atoms with E-state index in [1.54, 1.807) is 0 Å². The maximum absolute atomic E-state index is 5.73. The minimum Gasteiger partial charge on any atom is -0.375 e. The van der Waals surface area contributed by atoms with E-state index in [1.165, 1.54) is 12.0 Å². The lowest BCUT2D eigenvalue weighted by Gasteiger charge is -2.28. The third kappa shape index (κ3) is 5.19. The molecule has 1 N–H and O–H groups in total. The molecular weight excluding hydrogens is 222 g/mol. The quantitative estimate of drug-likeness (QED) is 0.753. The SMILES string of the molecule is CCCC(NCC(C)(C)OCC)c1ccccc1. The maximum Gasteiger partial charge on any atom is 0.0750 e. The van der Waals surface area contributed by atoms with Gasteiger partial charge in [-0.2, -0.15) is 0 Å². The zero-order valence-electron chi connectivity index (χ0n) is 12.2. The molecule has 102 valence electrons. The summed E-state index contributed by atoms with van der Waals surface area (Å²) in [6.07, 6.45) is 2.34. The van der Waals surface area contributed by atoms with E-state index >= 15 is 0 Å². The second kappa shape index (κ2) is 7.55. The van der Waals surface area contributed by atoms with Crippen molar-refractivity contribution in [1.29, 1.82) is 0 Å². The molecule has 0 bridgehead atoms. The van der Waals surface area contributed by atoms with Crippen LogP contribution in [0.2, 0.25) is 0 Å². The Morgan fingerprint density at radius 3 is 2.39 bits per heavy atom. The van der Waals surface area contributed by atoms with Crippen LogP contribution in [0.15, 0.2) is 30.3 Å². The summed E-state index contributed by atoms with van der Waals surface area (Å²) in [6.45, 7) is 10.2. The Morgan fingerprint density at radius 1 is 1.17 bits per heavy atom. The predicted molar refractivity (Wildman–Crippen MR) is 77.8 cm³/mol. The molecule has 0 heterocycles. The molecular formula is C16H27NO. The van der Waals surface area contributed by atoms with Crippen molar-refractivity contribution in [3.8, 4) is 0 Å². The van der Waals surface area contributed by atoms with E-state index in [0.29, 0.717) is 6.04 Å². The molecule has 1 aromatic carbocycles. The molecule has 1 atom stereocenters. The van der Waals surface area contributed by atoms with Crippen LogP contribution in [0, 0.1) is 0 Å². The van der Waals surface area contributed by atoms with Crippen molar-refractivity contribution in [2.45, 2.75) is 52.2 Å². The van der Waals surface area contributed by atoms with Gasteiger partial charge in [0.05, 0.1) is 5.60 Å². The van der Waals surface area contributed by atoms with E-state index in [1.807, 2.05) is 6.92 Å². The number of nitrogens with one attached hydrogen (secondary N) is 1. The zero-order chi connectivity index (χ0) is 13.4. The summed E-state index contributed by atoms with van der Waals surface area (Å²) in [7, 11) is 0. The van der Waals surface area contributed by atoms with Crippen molar-refractivity contribution in [2.24, 2.45) is 0 Å². The van der Waals surface area contributed by atoms with Crippen LogP contribution in [0.5, 0.6) is 0 Å². The van der Waals surface area contributed by atoms with E-state index in [2.05, 4.69) is 56.4 Å². The molecule has 0 amide bonds. The minimum atomic E-state index is -0.102. The Morgan fingerprint density at radius 2 is 1.83 bits per heavy atom. The average Bonchev–Trinajstić information content (AvgIpc) is 2.35. The van der Waals surface area contributed by atoms with Gasteiger partial charge in [-0.05, 0) is 32.8 Å². The van der Waals surface area contributed by atoms with Gasteiger partial charge in [0.25, 0.3) is 0 Å². The van der Waals surface area contributed by atoms with E-state index < -0.39 is 0 Å². The standard InChI is InChI=1S/C16H27NO/c1-5-10-15(14-11-8-7-9-12-14)17-13-16(3,4)18-6-2/h7-9,11-12,15,17H,5-6,10,13H2,1-4H3. The topological polar surface area (TPSA) is 21.3 Å². The summed E-state index contributed by atoms with van der Waals surface area (Å²) in [5.41, 5.74) is 1.27. The maximum atomic E-state index is 5.73. The smallest absolute Gasteiger partial charge is 0.0750 e. The van der Waals surface area contributed by atoms with Crippen LogP contribution < -0.4 is 5.32 Å². The van der Waals surface area contributed by atoms with Crippen molar-refractivity contribution >= 4 is 0 Å². The number of hydrogen-bond donors (Lipinski definition) is 1. The average molecular weight is 249 g/mol. The fourth-order valence-corrected chi connectivity index (χ4v) is 2.17. The van der Waals surface area contributed by atoms with Crippen molar-refractivity contribution in [2.75, 3.05) is 13.2 Å². The molecule has 0 aliphatic carbocycles. The monoisotopic (exact) mass is 249 g/mol. The van der Waals surface area contributed by atoms with Crippen molar-refractivity contribution < 1.29 is 4.74 Å². The number of benzene rings is 1. The van der Waals surface area contributed by atoms with E-state index in [9.17, 15) is 0 Å². The van der Waals surface area contributed by atoms with Crippen LogP contribution in [0.3, 0.4) is 0 Å². The largest absolute Gasteiger partial charge is 0.375 e. The summed E-state index contributed by atoms with van der Waals surface area (Å²) >= 11 is 0. The normalized spacial score (nSPS) is 13.6. The Bertz CT molecular complexity index is 321. The summed E-state index contributed by atoms with van der Waals surface area (Å²) < 4.78 is 5.73. The highest BCUT2D eigenvalue weighted by Gasteiger charge is 2.19. The van der Waals surface area contributed by atoms with Gasteiger partial charge in [0.2, 0.25) is 0 Å². The molecule has 1 aromatic rings. The predicted octanol–water partition coefficient (Wildman–Crippen LogP) is 3.93. The van der Waals surface area contributed by atoms with Gasteiger partial charge in [0.1, 0.15) is 0 Å². The zero-order valence-corrected chi connectivity index (χ0v) is 12.2. The first-order chi connectivity index (χ1) is 8.59. The lowest BCUT2D eigenvalue weighted by Crippen LogP contribution is -2.39. The molecule has 1 rings (SSSR count). The number of rotatable bonds is 8. The summed E-state index contributed by atoms with van der Waals surface area (Å²) in [4.78, 5) is 0. The van der Waals surface area contributed by atoms with Crippen LogP contribution in [-0.2, 0) is 4.74 Å². The van der Waals surface area contributed by atoms with Gasteiger partial charge in [-0.15, -0.1) is 0 Å². The molecule has 1 unspecified atom stereocenters. The Kier molecular flexibility index (Phi) is 6.37. The van der Waals surface area contributed by atoms with Gasteiger partial charge in [-0.3, -0.25) is 0 Å². The molecule has 0 saturated heterocycles. The molecule has 2 heteroatoms. The van der Waals surface area contributed by atoms with E-state index in [4.69, 9.17) is 4.74 Å². The molecule has 0 aromatic heterocycles. The lowest BCUT2D eigenvalue weighted by molar-refractivity contribution is -0.0108. The molecule has 2 nitrogen and oxygen atoms in total. The fraction of sp³-hybridized carbons (Fsp3) is 0.625. The third-order valence-corrected chi connectivity index (χ3v) is 3.09. The highest BCUT2D eigenvalue weighted by molar-refractivity contribution is 5.18. The van der Waals surface area contributed by atoms with Gasteiger partial charge >= 0.3 is 0 Å². The molecule has 18 heavy (non-hydrogen) atoms. The molecule has 0 aliphatic rings. The Hall–Kier alpha value is -0.860. The van der Waals surface area contributed by atoms with Crippen LogP contribution >= 0.6 is 0 Å². The second-order valence-electron chi connectivity index (χ2n) is 5.33. The number of ether oxygens (including phenoxy) is 1. The summed E-state index contributed by atoms with van der Waals surface area (Å²) in [6, 6.07) is 11.1. The van der Waals surface area contributed by atoms with Crippen molar-refractivity contribution in [3.05, 3.63) is 35.9 Å².